The normalized spacial score (nSPS) is 14.6. The van der Waals surface area contributed by atoms with E-state index in [-0.39, 0.29) is 30.3 Å². The van der Waals surface area contributed by atoms with Crippen LogP contribution in [-0.2, 0) is 20.9 Å². The number of aromatic nitrogens is 2. The van der Waals surface area contributed by atoms with Gasteiger partial charge in [0.25, 0.3) is 5.56 Å². The van der Waals surface area contributed by atoms with Crippen molar-refractivity contribution < 1.29 is 19.1 Å². The van der Waals surface area contributed by atoms with Crippen LogP contribution in [0.3, 0.4) is 0 Å². The zero-order valence-electron chi connectivity index (χ0n) is 24.4. The van der Waals surface area contributed by atoms with Crippen molar-refractivity contribution in [2.45, 2.75) is 53.1 Å². The molecule has 41 heavy (non-hydrogen) atoms. The van der Waals surface area contributed by atoms with E-state index in [1.807, 2.05) is 52.0 Å². The Balaban J connectivity index is 1.37. The average Bonchev–Trinajstić information content (AvgIpc) is 2.93. The molecule has 1 N–H and O–H groups in total. The lowest BCUT2D eigenvalue weighted by Crippen LogP contribution is -2.39. The summed E-state index contributed by atoms with van der Waals surface area (Å²) < 4.78 is 12.5. The van der Waals surface area contributed by atoms with Gasteiger partial charge in [0.15, 0.2) is 0 Å². The van der Waals surface area contributed by atoms with Crippen LogP contribution >= 0.6 is 0 Å². The highest BCUT2D eigenvalue weighted by Crippen LogP contribution is 2.29. The summed E-state index contributed by atoms with van der Waals surface area (Å²) in [5, 5.41) is 2.84. The molecule has 0 spiro atoms. The maximum atomic E-state index is 13.3. The van der Waals surface area contributed by atoms with Crippen LogP contribution in [0.2, 0.25) is 0 Å². The molecule has 218 valence electrons. The van der Waals surface area contributed by atoms with Gasteiger partial charge >= 0.3 is 5.97 Å². The van der Waals surface area contributed by atoms with E-state index in [1.54, 1.807) is 18.5 Å². The Kier molecular flexibility index (Phi) is 10.4. The van der Waals surface area contributed by atoms with E-state index in [1.165, 1.54) is 16.8 Å². The minimum absolute atomic E-state index is 0.0142. The lowest BCUT2D eigenvalue weighted by molar-refractivity contribution is -0.134. The molecule has 3 heterocycles. The van der Waals surface area contributed by atoms with Crippen LogP contribution in [0, 0.1) is 19.8 Å². The SMILES string of the molecule is Cc1cccc(C)c1-c1cncc(OC(=O)CCNC(=O)C(CC(C)C)n2cc(CN3CCOCC3)ccc2=O)c1. The number of carbonyl (C=O) groups is 2. The lowest BCUT2D eigenvalue weighted by Gasteiger charge is -2.27. The van der Waals surface area contributed by atoms with E-state index in [9.17, 15) is 14.4 Å². The van der Waals surface area contributed by atoms with Crippen LogP contribution in [0.25, 0.3) is 11.1 Å². The molecule has 1 atom stereocenters. The second-order valence-electron chi connectivity index (χ2n) is 11.0. The van der Waals surface area contributed by atoms with Gasteiger partial charge in [-0.25, -0.2) is 0 Å². The molecule has 3 aromatic rings. The number of hydrogen-bond donors (Lipinski definition) is 1. The predicted molar refractivity (Wildman–Crippen MR) is 158 cm³/mol. The number of morpholine rings is 1. The first-order valence-corrected chi connectivity index (χ1v) is 14.2. The number of esters is 1. The average molecular weight is 561 g/mol. The quantitative estimate of drug-likeness (QED) is 0.353. The first-order chi connectivity index (χ1) is 19.7. The largest absolute Gasteiger partial charge is 0.425 e. The van der Waals surface area contributed by atoms with Crippen LogP contribution < -0.4 is 15.6 Å². The molecular weight excluding hydrogens is 520 g/mol. The van der Waals surface area contributed by atoms with Gasteiger partial charge < -0.3 is 19.4 Å². The maximum Gasteiger partial charge on any atom is 0.313 e. The lowest BCUT2D eigenvalue weighted by atomic mass is 9.97. The molecule has 2 aromatic heterocycles. The number of hydrogen-bond acceptors (Lipinski definition) is 7. The molecule has 0 saturated carbocycles. The molecule has 4 rings (SSSR count). The first-order valence-electron chi connectivity index (χ1n) is 14.2. The Morgan fingerprint density at radius 3 is 2.51 bits per heavy atom. The summed E-state index contributed by atoms with van der Waals surface area (Å²) in [6.07, 6.45) is 5.52. The number of rotatable bonds is 11. The van der Waals surface area contributed by atoms with Crippen molar-refractivity contribution >= 4 is 11.9 Å². The first kappa shape index (κ1) is 30.1. The number of pyridine rings is 2. The summed E-state index contributed by atoms with van der Waals surface area (Å²) in [6.45, 7) is 11.9. The van der Waals surface area contributed by atoms with Crippen molar-refractivity contribution in [1.29, 1.82) is 0 Å². The maximum absolute atomic E-state index is 13.3. The second kappa shape index (κ2) is 14.2. The highest BCUT2D eigenvalue weighted by atomic mass is 16.5. The number of amides is 1. The molecule has 9 heteroatoms. The van der Waals surface area contributed by atoms with Gasteiger partial charge in [0.1, 0.15) is 11.8 Å². The number of nitrogens with one attached hydrogen (secondary N) is 1. The third-order valence-electron chi connectivity index (χ3n) is 7.19. The van der Waals surface area contributed by atoms with Gasteiger partial charge in [0.2, 0.25) is 5.91 Å². The van der Waals surface area contributed by atoms with Gasteiger partial charge in [0, 0.05) is 50.2 Å². The van der Waals surface area contributed by atoms with E-state index >= 15 is 0 Å². The highest BCUT2D eigenvalue weighted by molar-refractivity contribution is 5.81. The molecule has 0 bridgehead atoms. The number of benzene rings is 1. The topological polar surface area (TPSA) is 103 Å². The Morgan fingerprint density at radius 2 is 1.80 bits per heavy atom. The summed E-state index contributed by atoms with van der Waals surface area (Å²) in [6, 6.07) is 10.5. The van der Waals surface area contributed by atoms with Crippen molar-refractivity contribution in [1.82, 2.24) is 19.8 Å². The number of carbonyl (C=O) groups excluding carboxylic acids is 2. The summed E-state index contributed by atoms with van der Waals surface area (Å²) in [7, 11) is 0. The van der Waals surface area contributed by atoms with Crippen LogP contribution in [0.5, 0.6) is 5.75 Å². The molecular formula is C32H40N4O5. The van der Waals surface area contributed by atoms with E-state index in [0.29, 0.717) is 31.9 Å². The predicted octanol–water partition coefficient (Wildman–Crippen LogP) is 4.06. The zero-order valence-corrected chi connectivity index (χ0v) is 24.4. The molecule has 1 aliphatic rings. The van der Waals surface area contributed by atoms with Gasteiger partial charge in [0.05, 0.1) is 25.8 Å². The Morgan fingerprint density at radius 1 is 1.07 bits per heavy atom. The van der Waals surface area contributed by atoms with Gasteiger partial charge in [-0.2, -0.15) is 0 Å². The summed E-state index contributed by atoms with van der Waals surface area (Å²) in [5.74, 6) is -0.239. The van der Waals surface area contributed by atoms with Crippen LogP contribution in [0.15, 0.2) is 59.8 Å². The number of aryl methyl sites for hydroxylation is 2. The van der Waals surface area contributed by atoms with E-state index in [0.717, 1.165) is 40.9 Å². The van der Waals surface area contributed by atoms with Crippen LogP contribution in [0.1, 0.15) is 49.4 Å². The van der Waals surface area contributed by atoms with E-state index < -0.39 is 12.0 Å². The minimum Gasteiger partial charge on any atom is -0.425 e. The van der Waals surface area contributed by atoms with E-state index in [4.69, 9.17) is 9.47 Å². The Hall–Kier alpha value is -3.82. The molecule has 1 aliphatic heterocycles. The van der Waals surface area contributed by atoms with Crippen molar-refractivity contribution in [2.75, 3.05) is 32.8 Å². The van der Waals surface area contributed by atoms with Gasteiger partial charge in [-0.15, -0.1) is 0 Å². The molecule has 0 aliphatic carbocycles. The van der Waals surface area contributed by atoms with Gasteiger partial charge in [-0.1, -0.05) is 38.1 Å². The van der Waals surface area contributed by atoms with Crippen molar-refractivity contribution in [3.8, 4) is 16.9 Å². The molecule has 9 nitrogen and oxygen atoms in total. The fraction of sp³-hybridized carbons (Fsp3) is 0.438. The highest BCUT2D eigenvalue weighted by Gasteiger charge is 2.23. The van der Waals surface area contributed by atoms with Crippen molar-refractivity contribution in [3.63, 3.8) is 0 Å². The standard InChI is InChI=1S/C32H40N4O5/c1-22(2)16-28(36-21-25(8-9-29(36)37)20-35-12-14-40-15-13-35)32(39)34-11-10-30(38)41-27-17-26(18-33-19-27)31-23(3)6-5-7-24(31)4/h5-9,17-19,21-22,28H,10-16,20H2,1-4H3,(H,34,39). The zero-order chi connectivity index (χ0) is 29.4. The summed E-state index contributed by atoms with van der Waals surface area (Å²) >= 11 is 0. The fourth-order valence-corrected chi connectivity index (χ4v) is 5.17. The summed E-state index contributed by atoms with van der Waals surface area (Å²) in [5.41, 5.74) is 4.89. The third kappa shape index (κ3) is 8.34. The fourth-order valence-electron chi connectivity index (χ4n) is 5.17. The van der Waals surface area contributed by atoms with E-state index in [2.05, 4.69) is 15.2 Å². The van der Waals surface area contributed by atoms with Crippen LogP contribution in [-0.4, -0.2) is 59.2 Å². The number of nitrogens with zero attached hydrogens (tertiary/aromatic N) is 3. The molecule has 1 aromatic carbocycles. The molecule has 1 saturated heterocycles. The van der Waals surface area contributed by atoms with Crippen molar-refractivity contribution in [2.24, 2.45) is 5.92 Å². The van der Waals surface area contributed by atoms with Crippen LogP contribution in [0.4, 0.5) is 0 Å². The monoisotopic (exact) mass is 560 g/mol. The van der Waals surface area contributed by atoms with Crippen molar-refractivity contribution in [3.05, 3.63) is 82.0 Å². The minimum atomic E-state index is -0.679. The smallest absolute Gasteiger partial charge is 0.313 e. The third-order valence-corrected chi connectivity index (χ3v) is 7.19. The Bertz CT molecular complexity index is 1390. The molecule has 1 fully saturated rings. The van der Waals surface area contributed by atoms with Gasteiger partial charge in [-0.05, 0) is 54.5 Å². The van der Waals surface area contributed by atoms with Gasteiger partial charge in [-0.3, -0.25) is 24.3 Å². The molecule has 0 radical (unpaired) electrons. The Labute approximate surface area is 241 Å². The number of ether oxygens (including phenoxy) is 2. The summed E-state index contributed by atoms with van der Waals surface area (Å²) in [4.78, 5) is 45.2. The molecule has 1 unspecified atom stereocenters. The molecule has 1 amide bonds. The second-order valence-corrected chi connectivity index (χ2v) is 11.0.